The molecule has 5 rings (SSSR count). The minimum absolute atomic E-state index is 0.0461. The minimum atomic E-state index is -0.0461. The van der Waals surface area contributed by atoms with Crippen LogP contribution in [0.25, 0.3) is 0 Å². The first kappa shape index (κ1) is 25.9. The quantitative estimate of drug-likeness (QED) is 0.276. The number of H-pyrrole nitrogens is 2. The van der Waals surface area contributed by atoms with Gasteiger partial charge in [0.05, 0.1) is 13.1 Å². The molecule has 0 aliphatic heterocycles. The van der Waals surface area contributed by atoms with Crippen molar-refractivity contribution < 1.29 is 4.79 Å². The van der Waals surface area contributed by atoms with Crippen LogP contribution < -0.4 is 5.32 Å². The number of hydrogen-bond donors (Lipinski definition) is 3. The molecule has 4 aromatic rings. The van der Waals surface area contributed by atoms with Crippen molar-refractivity contribution in [3.05, 3.63) is 108 Å². The molecular formula is C30H37N7O. The van der Waals surface area contributed by atoms with Crippen LogP contribution in [-0.2, 0) is 26.2 Å². The van der Waals surface area contributed by atoms with Crippen LogP contribution in [-0.4, -0.2) is 54.8 Å². The van der Waals surface area contributed by atoms with Gasteiger partial charge in [0, 0.05) is 55.5 Å². The van der Waals surface area contributed by atoms with Gasteiger partial charge in [0.2, 0.25) is 0 Å². The maximum absolute atomic E-state index is 13.3. The Balaban J connectivity index is 1.10. The SMILES string of the molecule is CN(Cc1ccccc1)[C@H]1CC[C@H](NCc2ccc(C(=O)N(Cc3ncc[nH]3)Cc3ncc[nH]3)cc2)CC1. The van der Waals surface area contributed by atoms with Crippen molar-refractivity contribution in [2.45, 2.75) is 63.9 Å². The van der Waals surface area contributed by atoms with E-state index in [-0.39, 0.29) is 5.91 Å². The highest BCUT2D eigenvalue weighted by Crippen LogP contribution is 2.24. The lowest BCUT2D eigenvalue weighted by atomic mass is 9.90. The van der Waals surface area contributed by atoms with Gasteiger partial charge >= 0.3 is 0 Å². The van der Waals surface area contributed by atoms with Crippen molar-refractivity contribution in [3.63, 3.8) is 0 Å². The molecule has 0 atom stereocenters. The third-order valence-corrected chi connectivity index (χ3v) is 7.47. The Hall–Kier alpha value is -3.75. The molecule has 0 bridgehead atoms. The van der Waals surface area contributed by atoms with E-state index in [0.717, 1.165) is 24.7 Å². The van der Waals surface area contributed by atoms with Gasteiger partial charge in [-0.05, 0) is 56.0 Å². The first-order chi connectivity index (χ1) is 18.6. The molecule has 1 aliphatic rings. The summed E-state index contributed by atoms with van der Waals surface area (Å²) in [4.78, 5) is 32.3. The number of amides is 1. The van der Waals surface area contributed by atoms with Gasteiger partial charge in [0.15, 0.2) is 0 Å². The lowest BCUT2D eigenvalue weighted by molar-refractivity contribution is 0.0721. The van der Waals surface area contributed by atoms with Crippen molar-refractivity contribution >= 4 is 5.91 Å². The Bertz CT molecular complexity index is 1200. The van der Waals surface area contributed by atoms with Gasteiger partial charge in [-0.1, -0.05) is 42.5 Å². The first-order valence-electron chi connectivity index (χ1n) is 13.5. The summed E-state index contributed by atoms with van der Waals surface area (Å²) >= 11 is 0. The largest absolute Gasteiger partial charge is 0.347 e. The molecule has 8 heteroatoms. The fraction of sp³-hybridized carbons (Fsp3) is 0.367. The topological polar surface area (TPSA) is 92.9 Å². The molecule has 1 saturated carbocycles. The number of aromatic nitrogens is 4. The van der Waals surface area contributed by atoms with E-state index in [1.807, 2.05) is 12.1 Å². The van der Waals surface area contributed by atoms with E-state index in [9.17, 15) is 4.79 Å². The zero-order valence-electron chi connectivity index (χ0n) is 22.0. The predicted molar refractivity (Wildman–Crippen MR) is 148 cm³/mol. The Morgan fingerprint density at radius 1 is 0.842 bits per heavy atom. The van der Waals surface area contributed by atoms with Crippen LogP contribution in [0.4, 0.5) is 0 Å². The van der Waals surface area contributed by atoms with Gasteiger partial charge in [-0.15, -0.1) is 0 Å². The highest BCUT2D eigenvalue weighted by molar-refractivity contribution is 5.94. The molecule has 1 aliphatic carbocycles. The van der Waals surface area contributed by atoms with Crippen LogP contribution in [0, 0.1) is 0 Å². The number of rotatable bonds is 11. The molecule has 0 unspecified atom stereocenters. The second kappa shape index (κ2) is 12.7. The Labute approximate surface area is 224 Å². The number of aromatic amines is 2. The van der Waals surface area contributed by atoms with Crippen molar-refractivity contribution in [3.8, 4) is 0 Å². The van der Waals surface area contributed by atoms with E-state index < -0.39 is 0 Å². The van der Waals surface area contributed by atoms with Crippen LogP contribution >= 0.6 is 0 Å². The third kappa shape index (κ3) is 6.96. The lowest BCUT2D eigenvalue weighted by Crippen LogP contribution is -2.40. The highest BCUT2D eigenvalue weighted by atomic mass is 16.2. The number of imidazole rings is 2. The lowest BCUT2D eigenvalue weighted by Gasteiger charge is -2.35. The van der Waals surface area contributed by atoms with Crippen molar-refractivity contribution in [2.24, 2.45) is 0 Å². The molecule has 8 nitrogen and oxygen atoms in total. The number of nitrogens with zero attached hydrogens (tertiary/aromatic N) is 4. The number of carbonyl (C=O) groups excluding carboxylic acids is 1. The summed E-state index contributed by atoms with van der Waals surface area (Å²) in [7, 11) is 2.25. The van der Waals surface area contributed by atoms with E-state index in [4.69, 9.17) is 0 Å². The summed E-state index contributed by atoms with van der Waals surface area (Å²) in [5.74, 6) is 1.44. The van der Waals surface area contributed by atoms with Crippen LogP contribution in [0.3, 0.4) is 0 Å². The number of benzene rings is 2. The number of hydrogen-bond acceptors (Lipinski definition) is 5. The smallest absolute Gasteiger partial charge is 0.254 e. The molecule has 0 radical (unpaired) electrons. The van der Waals surface area contributed by atoms with E-state index in [1.54, 1.807) is 29.7 Å². The molecule has 198 valence electrons. The van der Waals surface area contributed by atoms with Gasteiger partial charge in [0.1, 0.15) is 11.6 Å². The van der Waals surface area contributed by atoms with Gasteiger partial charge < -0.3 is 20.2 Å². The zero-order valence-corrected chi connectivity index (χ0v) is 22.0. The summed E-state index contributed by atoms with van der Waals surface area (Å²) in [6.45, 7) is 2.60. The molecule has 2 heterocycles. The van der Waals surface area contributed by atoms with Gasteiger partial charge in [0.25, 0.3) is 5.91 Å². The Morgan fingerprint density at radius 3 is 2.05 bits per heavy atom. The van der Waals surface area contributed by atoms with Crippen molar-refractivity contribution in [1.29, 1.82) is 0 Å². The normalized spacial score (nSPS) is 17.5. The molecule has 1 fully saturated rings. The minimum Gasteiger partial charge on any atom is -0.347 e. The summed E-state index contributed by atoms with van der Waals surface area (Å²) in [6.07, 6.45) is 11.7. The molecule has 2 aromatic carbocycles. The van der Waals surface area contributed by atoms with E-state index >= 15 is 0 Å². The van der Waals surface area contributed by atoms with Crippen molar-refractivity contribution in [1.82, 2.24) is 35.1 Å². The van der Waals surface area contributed by atoms with Crippen molar-refractivity contribution in [2.75, 3.05) is 7.05 Å². The molecular weight excluding hydrogens is 474 g/mol. The standard InChI is InChI=1S/C30H37N7O/c1-36(20-24-5-3-2-4-6-24)27-13-11-26(12-14-27)35-19-23-7-9-25(10-8-23)30(38)37(21-28-31-15-16-32-28)22-29-33-17-18-34-29/h2-10,15-18,26-27,35H,11-14,19-22H2,1H3,(H,31,32)(H,33,34)/t26-,27-. The van der Waals surface area contributed by atoms with E-state index in [1.165, 1.54) is 36.8 Å². The predicted octanol–water partition coefficient (Wildman–Crippen LogP) is 4.51. The monoisotopic (exact) mass is 511 g/mol. The molecule has 2 aromatic heterocycles. The summed E-state index contributed by atoms with van der Waals surface area (Å²) < 4.78 is 0. The van der Waals surface area contributed by atoms with E-state index in [2.05, 4.69) is 79.7 Å². The fourth-order valence-corrected chi connectivity index (χ4v) is 5.26. The second-order valence-electron chi connectivity index (χ2n) is 10.2. The first-order valence-corrected chi connectivity index (χ1v) is 13.5. The highest BCUT2D eigenvalue weighted by Gasteiger charge is 2.24. The van der Waals surface area contributed by atoms with Gasteiger partial charge in [-0.25, -0.2) is 9.97 Å². The maximum atomic E-state index is 13.3. The number of carbonyl (C=O) groups is 1. The molecule has 0 spiro atoms. The summed E-state index contributed by atoms with van der Waals surface area (Å²) in [5.41, 5.74) is 3.23. The van der Waals surface area contributed by atoms with Crippen LogP contribution in [0.15, 0.2) is 79.4 Å². The second-order valence-corrected chi connectivity index (χ2v) is 10.2. The molecule has 1 amide bonds. The maximum Gasteiger partial charge on any atom is 0.254 e. The average Bonchev–Trinajstić information content (AvgIpc) is 3.67. The third-order valence-electron chi connectivity index (χ3n) is 7.47. The fourth-order valence-electron chi connectivity index (χ4n) is 5.26. The molecule has 3 N–H and O–H groups in total. The van der Waals surface area contributed by atoms with Gasteiger partial charge in [-0.3, -0.25) is 9.69 Å². The van der Waals surface area contributed by atoms with Crippen LogP contribution in [0.1, 0.15) is 58.8 Å². The molecule has 0 saturated heterocycles. The van der Waals surface area contributed by atoms with E-state index in [0.29, 0.717) is 30.7 Å². The Morgan fingerprint density at radius 2 is 1.47 bits per heavy atom. The van der Waals surface area contributed by atoms with Crippen LogP contribution in [0.2, 0.25) is 0 Å². The van der Waals surface area contributed by atoms with Crippen LogP contribution in [0.5, 0.6) is 0 Å². The Kier molecular flexibility index (Phi) is 8.63. The average molecular weight is 512 g/mol. The number of nitrogens with one attached hydrogen (secondary N) is 3. The van der Waals surface area contributed by atoms with Gasteiger partial charge in [-0.2, -0.15) is 0 Å². The summed E-state index contributed by atoms with van der Waals surface area (Å²) in [6, 6.07) is 19.8. The summed E-state index contributed by atoms with van der Waals surface area (Å²) in [5, 5.41) is 3.74. The zero-order chi connectivity index (χ0) is 26.2. The molecule has 38 heavy (non-hydrogen) atoms.